The molecule has 0 aromatic rings. The van der Waals surface area contributed by atoms with E-state index in [-0.39, 0.29) is 0 Å². The summed E-state index contributed by atoms with van der Waals surface area (Å²) in [5.41, 5.74) is 0. The molecule has 0 aliphatic carbocycles. The van der Waals surface area contributed by atoms with Gasteiger partial charge in [-0.2, -0.15) is 25.3 Å². The van der Waals surface area contributed by atoms with Crippen molar-refractivity contribution in [3.63, 3.8) is 0 Å². The smallest absolute Gasteiger partial charge is 0.407 e. The van der Waals surface area contributed by atoms with Crippen LogP contribution in [0.1, 0.15) is 39.5 Å². The molecular weight excluding hydrogens is 242 g/mol. The highest BCUT2D eigenvalue weighted by Gasteiger charge is 2.14. The van der Waals surface area contributed by atoms with Crippen LogP contribution in [-0.2, 0) is 0 Å². The van der Waals surface area contributed by atoms with E-state index in [0.717, 1.165) is 25.7 Å². The number of thiol groups is 2. The van der Waals surface area contributed by atoms with E-state index in [0.29, 0.717) is 23.6 Å². The Balaban J connectivity index is 3.93. The van der Waals surface area contributed by atoms with Crippen molar-refractivity contribution in [2.45, 2.75) is 50.0 Å². The molecule has 1 amide bonds. The number of rotatable bonds is 8. The summed E-state index contributed by atoms with van der Waals surface area (Å²) in [5, 5.41) is 9.60. The molecule has 0 saturated carbocycles. The first kappa shape index (κ1) is 16.0. The van der Waals surface area contributed by atoms with E-state index in [1.165, 1.54) is 4.90 Å². The van der Waals surface area contributed by atoms with Gasteiger partial charge >= 0.3 is 6.09 Å². The summed E-state index contributed by atoms with van der Waals surface area (Å²) in [4.78, 5) is 12.4. The Hall–Kier alpha value is -0.0300. The van der Waals surface area contributed by atoms with E-state index in [1.807, 2.05) is 0 Å². The van der Waals surface area contributed by atoms with Crippen molar-refractivity contribution < 1.29 is 9.90 Å². The quantitative estimate of drug-likeness (QED) is 0.590. The van der Waals surface area contributed by atoms with Crippen molar-refractivity contribution in [3.8, 4) is 0 Å². The van der Waals surface area contributed by atoms with Gasteiger partial charge in [-0.25, -0.2) is 4.79 Å². The van der Waals surface area contributed by atoms with Crippen molar-refractivity contribution >= 4 is 31.4 Å². The Morgan fingerprint density at radius 3 is 1.75 bits per heavy atom. The second kappa shape index (κ2) is 9.05. The van der Waals surface area contributed by atoms with Crippen LogP contribution in [0.3, 0.4) is 0 Å². The second-order valence-electron chi connectivity index (χ2n) is 3.97. The maximum atomic E-state index is 11.0. The summed E-state index contributed by atoms with van der Waals surface area (Å²) in [6.45, 7) is 5.26. The van der Waals surface area contributed by atoms with Gasteiger partial charge in [0.15, 0.2) is 0 Å². The Bertz CT molecular complexity index is 188. The Labute approximate surface area is 109 Å². The maximum absolute atomic E-state index is 11.0. The molecule has 16 heavy (non-hydrogen) atoms. The van der Waals surface area contributed by atoms with E-state index < -0.39 is 6.09 Å². The van der Waals surface area contributed by atoms with E-state index in [2.05, 4.69) is 39.1 Å². The highest BCUT2D eigenvalue weighted by Crippen LogP contribution is 2.10. The molecule has 0 radical (unpaired) electrons. The molecule has 3 nitrogen and oxygen atoms in total. The predicted octanol–water partition coefficient (Wildman–Crippen LogP) is 3.16. The average molecular weight is 265 g/mol. The molecule has 5 heteroatoms. The lowest BCUT2D eigenvalue weighted by Crippen LogP contribution is -2.33. The highest BCUT2D eigenvalue weighted by atomic mass is 32.1. The normalized spacial score (nSPS) is 14.5. The van der Waals surface area contributed by atoms with E-state index in [1.54, 1.807) is 0 Å². The van der Waals surface area contributed by atoms with Gasteiger partial charge in [0, 0.05) is 23.6 Å². The fraction of sp³-hybridized carbons (Fsp3) is 0.909. The van der Waals surface area contributed by atoms with Crippen LogP contribution in [0.2, 0.25) is 0 Å². The monoisotopic (exact) mass is 265 g/mol. The lowest BCUT2D eigenvalue weighted by Gasteiger charge is -2.21. The molecule has 0 bridgehead atoms. The van der Waals surface area contributed by atoms with Gasteiger partial charge in [-0.05, 0) is 25.7 Å². The number of carboxylic acid groups (broad SMARTS) is 1. The second-order valence-corrected chi connectivity index (χ2v) is 5.43. The largest absolute Gasteiger partial charge is 0.465 e. The van der Waals surface area contributed by atoms with Gasteiger partial charge < -0.3 is 10.0 Å². The molecule has 96 valence electrons. The average Bonchev–Trinajstić information content (AvgIpc) is 2.27. The Kier molecular flexibility index (Phi) is 9.03. The molecule has 0 aromatic heterocycles. The summed E-state index contributed by atoms with van der Waals surface area (Å²) < 4.78 is 0. The molecule has 0 spiro atoms. The van der Waals surface area contributed by atoms with Crippen molar-refractivity contribution in [2.24, 2.45) is 0 Å². The van der Waals surface area contributed by atoms with Crippen molar-refractivity contribution in [1.29, 1.82) is 0 Å². The maximum Gasteiger partial charge on any atom is 0.407 e. The lowest BCUT2D eigenvalue weighted by molar-refractivity contribution is 0.144. The van der Waals surface area contributed by atoms with Crippen LogP contribution >= 0.6 is 25.3 Å². The van der Waals surface area contributed by atoms with E-state index in [4.69, 9.17) is 5.11 Å². The summed E-state index contributed by atoms with van der Waals surface area (Å²) in [5.74, 6) is 0. The molecule has 2 atom stereocenters. The topological polar surface area (TPSA) is 40.5 Å². The van der Waals surface area contributed by atoms with Crippen LogP contribution in [-0.4, -0.2) is 39.7 Å². The molecule has 2 unspecified atom stereocenters. The van der Waals surface area contributed by atoms with Gasteiger partial charge in [-0.15, -0.1) is 0 Å². The molecule has 0 rings (SSSR count). The third-order valence-corrected chi connectivity index (χ3v) is 3.92. The third-order valence-electron chi connectivity index (χ3n) is 2.68. The van der Waals surface area contributed by atoms with Crippen molar-refractivity contribution in [3.05, 3.63) is 0 Å². The van der Waals surface area contributed by atoms with Gasteiger partial charge in [0.1, 0.15) is 0 Å². The molecule has 0 heterocycles. The summed E-state index contributed by atoms with van der Waals surface area (Å²) in [7, 11) is 0. The van der Waals surface area contributed by atoms with Gasteiger partial charge in [0.2, 0.25) is 0 Å². The molecule has 0 aromatic carbocycles. The summed E-state index contributed by atoms with van der Waals surface area (Å²) >= 11 is 8.73. The summed E-state index contributed by atoms with van der Waals surface area (Å²) in [6.07, 6.45) is 2.74. The third kappa shape index (κ3) is 7.28. The molecule has 0 fully saturated rings. The minimum Gasteiger partial charge on any atom is -0.465 e. The number of nitrogens with zero attached hydrogens (tertiary/aromatic N) is 1. The SMILES string of the molecule is CCC(S)CCN(CCC(S)CC)C(=O)O. The van der Waals surface area contributed by atoms with Crippen LogP contribution in [0.15, 0.2) is 0 Å². The van der Waals surface area contributed by atoms with Gasteiger partial charge in [-0.1, -0.05) is 13.8 Å². The minimum atomic E-state index is -0.840. The first-order chi connectivity index (χ1) is 7.51. The zero-order chi connectivity index (χ0) is 12.6. The van der Waals surface area contributed by atoms with Gasteiger partial charge in [0.25, 0.3) is 0 Å². The first-order valence-corrected chi connectivity index (χ1v) is 6.88. The minimum absolute atomic E-state index is 0.292. The molecule has 0 saturated heterocycles. The Morgan fingerprint density at radius 2 is 1.50 bits per heavy atom. The first-order valence-electron chi connectivity index (χ1n) is 5.85. The van der Waals surface area contributed by atoms with E-state index >= 15 is 0 Å². The fourth-order valence-corrected chi connectivity index (χ4v) is 1.55. The highest BCUT2D eigenvalue weighted by molar-refractivity contribution is 7.81. The fourth-order valence-electron chi connectivity index (χ4n) is 1.32. The molecular formula is C11H23NO2S2. The number of carbonyl (C=O) groups is 1. The molecule has 0 aliphatic rings. The van der Waals surface area contributed by atoms with Gasteiger partial charge in [0.05, 0.1) is 0 Å². The van der Waals surface area contributed by atoms with Crippen molar-refractivity contribution in [1.82, 2.24) is 4.90 Å². The van der Waals surface area contributed by atoms with Crippen LogP contribution in [0, 0.1) is 0 Å². The van der Waals surface area contributed by atoms with Gasteiger partial charge in [-0.3, -0.25) is 0 Å². The van der Waals surface area contributed by atoms with Crippen LogP contribution in [0.4, 0.5) is 4.79 Å². The van der Waals surface area contributed by atoms with Crippen LogP contribution in [0.25, 0.3) is 0 Å². The van der Waals surface area contributed by atoms with Crippen LogP contribution < -0.4 is 0 Å². The number of amides is 1. The molecule has 0 aliphatic heterocycles. The zero-order valence-electron chi connectivity index (χ0n) is 10.1. The summed E-state index contributed by atoms with van der Waals surface area (Å²) in [6, 6.07) is 0. The van der Waals surface area contributed by atoms with E-state index in [9.17, 15) is 4.79 Å². The number of hydrogen-bond donors (Lipinski definition) is 3. The standard InChI is InChI=1S/C11H23NO2S2/c1-3-9(15)5-7-12(11(13)14)8-6-10(16)4-2/h9-10,15-16H,3-8H2,1-2H3,(H,13,14). The zero-order valence-corrected chi connectivity index (χ0v) is 11.9. The lowest BCUT2D eigenvalue weighted by atomic mass is 10.2. The predicted molar refractivity (Wildman–Crippen MR) is 75.0 cm³/mol. The van der Waals surface area contributed by atoms with Crippen LogP contribution in [0.5, 0.6) is 0 Å². The molecule has 1 N–H and O–H groups in total. The number of hydrogen-bond acceptors (Lipinski definition) is 3. The van der Waals surface area contributed by atoms with Crippen molar-refractivity contribution in [2.75, 3.05) is 13.1 Å². The Morgan fingerprint density at radius 1 is 1.12 bits per heavy atom.